The maximum Gasteiger partial charge on any atom is 0.306 e. The summed E-state index contributed by atoms with van der Waals surface area (Å²) in [4.78, 5) is 23.2. The first-order valence-electron chi connectivity index (χ1n) is 16.3. The van der Waals surface area contributed by atoms with E-state index in [-0.39, 0.29) is 12.4 Å². The van der Waals surface area contributed by atoms with Crippen LogP contribution in [-0.2, 0) is 14.3 Å². The smallest absolute Gasteiger partial charge is 0.306 e. The standard InChI is InChI=1S/C33H65NO4/c1-6-7-8-9-10-11-12-13-14-15-16-17-18-19-20-21-22-23-25-30(2)26-24-27-33(37)38-31(28-32(35)36)29-34(3,4)5/h30-31H,6-29H2,1-5H3. The van der Waals surface area contributed by atoms with Gasteiger partial charge >= 0.3 is 5.97 Å². The third-order valence-corrected chi connectivity index (χ3v) is 7.57. The Balaban J connectivity index is 3.53. The van der Waals surface area contributed by atoms with Crippen LogP contribution in [0.2, 0.25) is 0 Å². The van der Waals surface area contributed by atoms with E-state index in [9.17, 15) is 14.7 Å². The summed E-state index contributed by atoms with van der Waals surface area (Å²) in [5, 5.41) is 11.0. The largest absolute Gasteiger partial charge is 0.550 e. The molecule has 0 radical (unpaired) electrons. The second kappa shape index (κ2) is 24.9. The van der Waals surface area contributed by atoms with Crippen LogP contribution < -0.4 is 5.11 Å². The highest BCUT2D eigenvalue weighted by molar-refractivity contribution is 5.70. The van der Waals surface area contributed by atoms with Crippen molar-refractivity contribution in [3.63, 3.8) is 0 Å². The zero-order chi connectivity index (χ0) is 28.5. The van der Waals surface area contributed by atoms with E-state index in [1.165, 1.54) is 122 Å². The Morgan fingerprint density at radius 2 is 1.05 bits per heavy atom. The van der Waals surface area contributed by atoms with Crippen LogP contribution in [0.25, 0.3) is 0 Å². The van der Waals surface area contributed by atoms with Crippen LogP contribution in [0.1, 0.15) is 162 Å². The van der Waals surface area contributed by atoms with Gasteiger partial charge in [-0.2, -0.15) is 0 Å². The van der Waals surface area contributed by atoms with E-state index >= 15 is 0 Å². The molecule has 2 unspecified atom stereocenters. The van der Waals surface area contributed by atoms with E-state index in [0.717, 1.165) is 12.8 Å². The summed E-state index contributed by atoms with van der Waals surface area (Å²) < 4.78 is 5.99. The molecule has 0 aliphatic carbocycles. The Kier molecular flexibility index (Phi) is 24.2. The number of quaternary nitrogens is 1. The fraction of sp³-hybridized carbons (Fsp3) is 0.939. The zero-order valence-electron chi connectivity index (χ0n) is 26.2. The molecule has 0 rings (SSSR count). The molecule has 0 fully saturated rings. The van der Waals surface area contributed by atoms with Gasteiger partial charge in [0, 0.05) is 18.8 Å². The molecule has 0 aliphatic heterocycles. The van der Waals surface area contributed by atoms with Crippen LogP contribution in [0, 0.1) is 5.92 Å². The number of aliphatic carboxylic acids is 1. The van der Waals surface area contributed by atoms with Crippen LogP contribution >= 0.6 is 0 Å². The van der Waals surface area contributed by atoms with Gasteiger partial charge in [-0.3, -0.25) is 4.79 Å². The molecule has 0 bridgehead atoms. The molecular weight excluding hydrogens is 474 g/mol. The van der Waals surface area contributed by atoms with Crippen molar-refractivity contribution in [1.29, 1.82) is 0 Å². The van der Waals surface area contributed by atoms with Crippen molar-refractivity contribution in [2.24, 2.45) is 5.92 Å². The lowest BCUT2D eigenvalue weighted by Gasteiger charge is -2.29. The van der Waals surface area contributed by atoms with Gasteiger partial charge in [0.05, 0.1) is 21.1 Å². The van der Waals surface area contributed by atoms with Crippen molar-refractivity contribution in [3.8, 4) is 0 Å². The SMILES string of the molecule is CCCCCCCCCCCCCCCCCCCCC(C)CCCC(=O)OC(CC(=O)[O-])C[N+](C)(C)C. The van der Waals surface area contributed by atoms with Crippen molar-refractivity contribution in [2.45, 2.75) is 168 Å². The lowest BCUT2D eigenvalue weighted by Crippen LogP contribution is -2.45. The number of rotatable bonds is 28. The normalized spacial score (nSPS) is 13.4. The molecule has 0 saturated carbocycles. The molecule has 0 N–H and O–H groups in total. The number of carboxylic acids is 1. The maximum absolute atomic E-state index is 12.2. The van der Waals surface area contributed by atoms with E-state index in [1.807, 2.05) is 21.1 Å². The van der Waals surface area contributed by atoms with E-state index in [4.69, 9.17) is 4.74 Å². The number of carboxylic acid groups (broad SMARTS) is 1. The highest BCUT2D eigenvalue weighted by atomic mass is 16.5. The first-order chi connectivity index (χ1) is 18.1. The molecule has 0 saturated heterocycles. The number of unbranched alkanes of at least 4 members (excludes halogenated alkanes) is 17. The van der Waals surface area contributed by atoms with Gasteiger partial charge in [-0.1, -0.05) is 142 Å². The van der Waals surface area contributed by atoms with E-state index in [2.05, 4.69) is 13.8 Å². The number of likely N-dealkylation sites (N-methyl/N-ethyl adjacent to an activating group) is 1. The minimum Gasteiger partial charge on any atom is -0.550 e. The van der Waals surface area contributed by atoms with Gasteiger partial charge in [0.15, 0.2) is 6.10 Å². The molecule has 0 heterocycles. The first kappa shape index (κ1) is 36.9. The molecule has 0 spiro atoms. The number of nitrogens with zero attached hydrogens (tertiary/aromatic N) is 1. The third kappa shape index (κ3) is 27.9. The number of hydrogen-bond donors (Lipinski definition) is 0. The second-order valence-electron chi connectivity index (χ2n) is 13.0. The molecule has 0 aliphatic rings. The van der Waals surface area contributed by atoms with Gasteiger partial charge in [-0.05, 0) is 12.3 Å². The van der Waals surface area contributed by atoms with Gasteiger partial charge in [0.2, 0.25) is 0 Å². The second-order valence-corrected chi connectivity index (χ2v) is 13.0. The topological polar surface area (TPSA) is 66.4 Å². The highest BCUT2D eigenvalue weighted by Gasteiger charge is 2.22. The van der Waals surface area contributed by atoms with Gasteiger partial charge in [-0.15, -0.1) is 0 Å². The van der Waals surface area contributed by atoms with Crippen LogP contribution in [0.3, 0.4) is 0 Å². The minimum absolute atomic E-state index is 0.239. The molecule has 5 heteroatoms. The van der Waals surface area contributed by atoms with Crippen LogP contribution in [0.4, 0.5) is 0 Å². The Bertz CT molecular complexity index is 558. The highest BCUT2D eigenvalue weighted by Crippen LogP contribution is 2.19. The number of ether oxygens (including phenoxy) is 1. The zero-order valence-corrected chi connectivity index (χ0v) is 26.2. The molecule has 2 atom stereocenters. The third-order valence-electron chi connectivity index (χ3n) is 7.57. The molecular formula is C33H65NO4. The van der Waals surface area contributed by atoms with Crippen molar-refractivity contribution < 1.29 is 23.9 Å². The quantitative estimate of drug-likeness (QED) is 0.0574. The first-order valence-corrected chi connectivity index (χ1v) is 16.3. The van der Waals surface area contributed by atoms with Crippen molar-refractivity contribution in [2.75, 3.05) is 27.7 Å². The van der Waals surface area contributed by atoms with Crippen LogP contribution in [0.5, 0.6) is 0 Å². The summed E-state index contributed by atoms with van der Waals surface area (Å²) in [5.41, 5.74) is 0. The fourth-order valence-corrected chi connectivity index (χ4v) is 5.32. The Labute approximate surface area is 237 Å². The maximum atomic E-state index is 12.2. The lowest BCUT2D eigenvalue weighted by atomic mass is 9.96. The summed E-state index contributed by atoms with van der Waals surface area (Å²) >= 11 is 0. The van der Waals surface area contributed by atoms with Crippen LogP contribution in [-0.4, -0.2) is 50.2 Å². The van der Waals surface area contributed by atoms with E-state index in [0.29, 0.717) is 23.4 Å². The molecule has 0 aromatic rings. The number of carbonyl (C=O) groups is 2. The molecule has 226 valence electrons. The van der Waals surface area contributed by atoms with Gasteiger partial charge in [-0.25, -0.2) is 0 Å². The monoisotopic (exact) mass is 539 g/mol. The number of esters is 1. The molecule has 0 aromatic heterocycles. The van der Waals surface area contributed by atoms with E-state index in [1.54, 1.807) is 0 Å². The number of carbonyl (C=O) groups excluding carboxylic acids is 2. The molecule has 0 amide bonds. The van der Waals surface area contributed by atoms with Crippen LogP contribution in [0.15, 0.2) is 0 Å². The summed E-state index contributed by atoms with van der Waals surface area (Å²) in [6.07, 6.45) is 27.8. The average molecular weight is 540 g/mol. The summed E-state index contributed by atoms with van der Waals surface area (Å²) in [6.45, 7) is 5.03. The van der Waals surface area contributed by atoms with Gasteiger partial charge < -0.3 is 19.1 Å². The molecule has 0 aromatic carbocycles. The average Bonchev–Trinajstić information content (AvgIpc) is 2.81. The van der Waals surface area contributed by atoms with Crippen molar-refractivity contribution in [1.82, 2.24) is 0 Å². The van der Waals surface area contributed by atoms with Crippen molar-refractivity contribution in [3.05, 3.63) is 0 Å². The molecule has 5 nitrogen and oxygen atoms in total. The fourth-order valence-electron chi connectivity index (χ4n) is 5.32. The number of hydrogen-bond acceptors (Lipinski definition) is 4. The Hall–Kier alpha value is -1.10. The predicted octanol–water partition coefficient (Wildman–Crippen LogP) is 7.98. The summed E-state index contributed by atoms with van der Waals surface area (Å²) in [7, 11) is 5.87. The van der Waals surface area contributed by atoms with Gasteiger partial charge in [0.1, 0.15) is 6.54 Å². The summed E-state index contributed by atoms with van der Waals surface area (Å²) in [5.74, 6) is -0.839. The Morgan fingerprint density at radius 1 is 0.658 bits per heavy atom. The lowest BCUT2D eigenvalue weighted by molar-refractivity contribution is -0.873. The van der Waals surface area contributed by atoms with Gasteiger partial charge in [0.25, 0.3) is 0 Å². The Morgan fingerprint density at radius 3 is 1.45 bits per heavy atom. The molecule has 38 heavy (non-hydrogen) atoms. The van der Waals surface area contributed by atoms with E-state index < -0.39 is 12.1 Å². The summed E-state index contributed by atoms with van der Waals surface area (Å²) in [6, 6.07) is 0. The minimum atomic E-state index is -1.17. The predicted molar refractivity (Wildman–Crippen MR) is 159 cm³/mol. The van der Waals surface area contributed by atoms with Crippen molar-refractivity contribution >= 4 is 11.9 Å².